The van der Waals surface area contributed by atoms with Crippen LogP contribution in [0.25, 0.3) is 0 Å². The van der Waals surface area contributed by atoms with Crippen molar-refractivity contribution in [1.29, 1.82) is 0 Å². The van der Waals surface area contributed by atoms with Gasteiger partial charge in [0.25, 0.3) is 0 Å². The summed E-state index contributed by atoms with van der Waals surface area (Å²) >= 11 is 1.65. The molecule has 2 aliphatic heterocycles. The summed E-state index contributed by atoms with van der Waals surface area (Å²) in [6.45, 7) is 6.42. The van der Waals surface area contributed by atoms with E-state index in [1.165, 1.54) is 0 Å². The fourth-order valence-electron chi connectivity index (χ4n) is 3.71. The molecule has 6 heteroatoms. The number of thiazole rings is 1. The monoisotopic (exact) mass is 327 g/mol. The second kappa shape index (κ2) is 7.34. The van der Waals surface area contributed by atoms with E-state index in [1.54, 1.807) is 11.3 Å². The maximum atomic E-state index is 13.8. The van der Waals surface area contributed by atoms with E-state index in [0.29, 0.717) is 31.2 Å². The third-order valence-electron chi connectivity index (χ3n) is 4.64. The fraction of sp³-hybridized carbons (Fsp3) is 0.812. The summed E-state index contributed by atoms with van der Waals surface area (Å²) in [5, 5.41) is 6.71. The molecular weight excluding hydrogens is 301 g/mol. The molecular formula is C16H26FN3OS. The summed E-state index contributed by atoms with van der Waals surface area (Å²) in [5.74, 6) is 0. The van der Waals surface area contributed by atoms with Crippen LogP contribution >= 0.6 is 11.3 Å². The molecule has 1 N–H and O–H groups in total. The van der Waals surface area contributed by atoms with Gasteiger partial charge in [-0.05, 0) is 33.1 Å². The predicted octanol–water partition coefficient (Wildman–Crippen LogP) is 2.60. The number of halogens is 1. The van der Waals surface area contributed by atoms with Crippen LogP contribution in [-0.4, -0.2) is 53.4 Å². The minimum Gasteiger partial charge on any atom is -0.375 e. The largest absolute Gasteiger partial charge is 0.375 e. The first-order valence-electron chi connectivity index (χ1n) is 8.25. The molecule has 0 radical (unpaired) electrons. The van der Waals surface area contributed by atoms with Crippen molar-refractivity contribution in [3.63, 3.8) is 0 Å². The molecule has 124 valence electrons. The molecule has 2 aliphatic rings. The lowest BCUT2D eigenvalue weighted by Gasteiger charge is -2.34. The van der Waals surface area contributed by atoms with Crippen molar-refractivity contribution < 1.29 is 9.13 Å². The van der Waals surface area contributed by atoms with E-state index in [4.69, 9.17) is 4.74 Å². The Kier molecular flexibility index (Phi) is 5.44. The average molecular weight is 327 g/mol. The Morgan fingerprint density at radius 2 is 2.14 bits per heavy atom. The minimum atomic E-state index is -0.709. The SMILES string of the molecule is CC1CC(NC[C@@H]2C[C@H](F)CN2Cc2nccs2)CC(C)O1. The van der Waals surface area contributed by atoms with Crippen LogP contribution in [0.5, 0.6) is 0 Å². The Labute approximate surface area is 136 Å². The van der Waals surface area contributed by atoms with Gasteiger partial charge in [-0.2, -0.15) is 0 Å². The first-order valence-corrected chi connectivity index (χ1v) is 9.13. The van der Waals surface area contributed by atoms with E-state index < -0.39 is 6.17 Å². The van der Waals surface area contributed by atoms with Gasteiger partial charge in [-0.15, -0.1) is 11.3 Å². The van der Waals surface area contributed by atoms with Crippen molar-refractivity contribution in [2.75, 3.05) is 13.1 Å². The number of nitrogens with zero attached hydrogens (tertiary/aromatic N) is 2. The fourth-order valence-corrected chi connectivity index (χ4v) is 4.35. The summed E-state index contributed by atoms with van der Waals surface area (Å²) in [6, 6.07) is 0.756. The maximum absolute atomic E-state index is 13.8. The number of ether oxygens (including phenoxy) is 1. The van der Waals surface area contributed by atoms with Crippen LogP contribution in [0.3, 0.4) is 0 Å². The van der Waals surface area contributed by atoms with E-state index in [1.807, 2.05) is 11.6 Å². The van der Waals surface area contributed by atoms with Gasteiger partial charge in [0.05, 0.1) is 18.8 Å². The molecule has 0 spiro atoms. The number of aromatic nitrogens is 1. The Morgan fingerprint density at radius 3 is 2.82 bits per heavy atom. The summed E-state index contributed by atoms with van der Waals surface area (Å²) in [6.07, 6.45) is 4.45. The van der Waals surface area contributed by atoms with Gasteiger partial charge >= 0.3 is 0 Å². The maximum Gasteiger partial charge on any atom is 0.114 e. The zero-order chi connectivity index (χ0) is 15.5. The van der Waals surface area contributed by atoms with Gasteiger partial charge in [-0.3, -0.25) is 4.90 Å². The average Bonchev–Trinajstić information content (AvgIpc) is 3.06. The van der Waals surface area contributed by atoms with E-state index in [-0.39, 0.29) is 6.04 Å². The van der Waals surface area contributed by atoms with Gasteiger partial charge in [0, 0.05) is 36.8 Å². The van der Waals surface area contributed by atoms with Gasteiger partial charge in [-0.1, -0.05) is 0 Å². The Balaban J connectivity index is 1.51. The number of hydrogen-bond donors (Lipinski definition) is 1. The molecule has 1 aromatic heterocycles. The molecule has 4 nitrogen and oxygen atoms in total. The Morgan fingerprint density at radius 1 is 1.36 bits per heavy atom. The first kappa shape index (κ1) is 16.3. The molecule has 3 heterocycles. The van der Waals surface area contributed by atoms with E-state index in [2.05, 4.69) is 29.0 Å². The normalized spacial score (nSPS) is 36.8. The van der Waals surface area contributed by atoms with Gasteiger partial charge in [-0.25, -0.2) is 9.37 Å². The molecule has 4 atom stereocenters. The third kappa shape index (κ3) is 4.25. The highest BCUT2D eigenvalue weighted by molar-refractivity contribution is 7.09. The molecule has 2 saturated heterocycles. The van der Waals surface area contributed by atoms with Gasteiger partial charge < -0.3 is 10.1 Å². The second-order valence-corrected chi connectivity index (χ2v) is 7.66. The molecule has 0 aliphatic carbocycles. The van der Waals surface area contributed by atoms with E-state index in [0.717, 1.165) is 30.9 Å². The molecule has 1 aromatic rings. The van der Waals surface area contributed by atoms with Crippen molar-refractivity contribution in [3.05, 3.63) is 16.6 Å². The van der Waals surface area contributed by atoms with Crippen molar-refractivity contribution in [2.45, 2.75) is 70.1 Å². The van der Waals surface area contributed by atoms with Crippen LogP contribution in [0.1, 0.15) is 38.1 Å². The minimum absolute atomic E-state index is 0.271. The summed E-state index contributed by atoms with van der Waals surface area (Å²) < 4.78 is 19.6. The summed E-state index contributed by atoms with van der Waals surface area (Å²) in [5.41, 5.74) is 0. The van der Waals surface area contributed by atoms with Crippen LogP contribution in [0.15, 0.2) is 11.6 Å². The molecule has 0 saturated carbocycles. The third-order valence-corrected chi connectivity index (χ3v) is 5.40. The lowest BCUT2D eigenvalue weighted by atomic mass is 9.99. The van der Waals surface area contributed by atoms with Gasteiger partial charge in [0.1, 0.15) is 11.2 Å². The van der Waals surface area contributed by atoms with Crippen LogP contribution in [0.2, 0.25) is 0 Å². The summed E-state index contributed by atoms with van der Waals surface area (Å²) in [7, 11) is 0. The molecule has 2 fully saturated rings. The van der Waals surface area contributed by atoms with Crippen LogP contribution in [-0.2, 0) is 11.3 Å². The highest BCUT2D eigenvalue weighted by atomic mass is 32.1. The van der Waals surface area contributed by atoms with Gasteiger partial charge in [0.2, 0.25) is 0 Å². The highest BCUT2D eigenvalue weighted by Gasteiger charge is 2.33. The zero-order valence-corrected chi connectivity index (χ0v) is 14.2. The molecule has 0 bridgehead atoms. The van der Waals surface area contributed by atoms with Crippen molar-refractivity contribution in [3.8, 4) is 0 Å². The zero-order valence-electron chi connectivity index (χ0n) is 13.4. The molecule has 0 amide bonds. The van der Waals surface area contributed by atoms with Gasteiger partial charge in [0.15, 0.2) is 0 Å². The van der Waals surface area contributed by atoms with Crippen LogP contribution in [0.4, 0.5) is 4.39 Å². The first-order chi connectivity index (χ1) is 10.6. The predicted molar refractivity (Wildman–Crippen MR) is 86.9 cm³/mol. The number of likely N-dealkylation sites (tertiary alicyclic amines) is 1. The second-order valence-electron chi connectivity index (χ2n) is 6.68. The Bertz CT molecular complexity index is 448. The van der Waals surface area contributed by atoms with Crippen molar-refractivity contribution >= 4 is 11.3 Å². The smallest absolute Gasteiger partial charge is 0.114 e. The number of rotatable bonds is 5. The van der Waals surface area contributed by atoms with Crippen molar-refractivity contribution in [1.82, 2.24) is 15.2 Å². The van der Waals surface area contributed by atoms with Crippen molar-refractivity contribution in [2.24, 2.45) is 0 Å². The topological polar surface area (TPSA) is 37.4 Å². The van der Waals surface area contributed by atoms with Crippen LogP contribution in [0, 0.1) is 0 Å². The quantitative estimate of drug-likeness (QED) is 0.902. The molecule has 3 rings (SSSR count). The van der Waals surface area contributed by atoms with E-state index in [9.17, 15) is 4.39 Å². The number of hydrogen-bond acceptors (Lipinski definition) is 5. The standard InChI is InChI=1S/C16H26FN3OS/c1-11-5-14(6-12(2)21-11)19-8-15-7-13(17)9-20(15)10-16-18-3-4-22-16/h3-4,11-15,19H,5-10H2,1-2H3/t11?,12?,13-,14?,15-/m0/s1. The molecule has 0 aromatic carbocycles. The Hall–Kier alpha value is -0.560. The molecule has 2 unspecified atom stereocenters. The lowest BCUT2D eigenvalue weighted by molar-refractivity contribution is -0.0426. The van der Waals surface area contributed by atoms with E-state index >= 15 is 0 Å². The number of nitrogens with one attached hydrogen (secondary N) is 1. The summed E-state index contributed by atoms with van der Waals surface area (Å²) in [4.78, 5) is 6.57. The van der Waals surface area contributed by atoms with Crippen LogP contribution < -0.4 is 5.32 Å². The highest BCUT2D eigenvalue weighted by Crippen LogP contribution is 2.24. The molecule has 22 heavy (non-hydrogen) atoms. The number of alkyl halides is 1. The lowest BCUT2D eigenvalue weighted by Crippen LogP contribution is -2.46.